The summed E-state index contributed by atoms with van der Waals surface area (Å²) < 4.78 is 5.27. The Morgan fingerprint density at radius 1 is 0.850 bits per heavy atom. The largest absolute Gasteiger partial charge is 0.497 e. The zero-order valence-corrected chi connectivity index (χ0v) is 11.0. The standard InChI is InChI=1S/C18H12O2/c1-20-12-7-9-13-11(10-12)6-8-16-17(13)14-4-2-3-5-15(14)18(16)19/h2-10H,1H3. The second-order valence-electron chi connectivity index (χ2n) is 4.95. The molecule has 3 aromatic rings. The van der Waals surface area contributed by atoms with Crippen LogP contribution in [0.3, 0.4) is 0 Å². The number of fused-ring (bicyclic) bond motifs is 5. The number of carbonyl (C=O) groups is 1. The van der Waals surface area contributed by atoms with Crippen LogP contribution in [0.25, 0.3) is 21.9 Å². The molecule has 0 atom stereocenters. The number of carbonyl (C=O) groups excluding carboxylic acids is 1. The topological polar surface area (TPSA) is 26.3 Å². The zero-order chi connectivity index (χ0) is 13.7. The molecule has 0 unspecified atom stereocenters. The highest BCUT2D eigenvalue weighted by atomic mass is 16.5. The van der Waals surface area contributed by atoms with Gasteiger partial charge in [0.2, 0.25) is 0 Å². The maximum absolute atomic E-state index is 12.4. The minimum Gasteiger partial charge on any atom is -0.497 e. The van der Waals surface area contributed by atoms with E-state index in [1.807, 2.05) is 54.6 Å². The molecular formula is C18H12O2. The van der Waals surface area contributed by atoms with Crippen molar-refractivity contribution in [1.29, 1.82) is 0 Å². The van der Waals surface area contributed by atoms with Crippen LogP contribution < -0.4 is 4.74 Å². The van der Waals surface area contributed by atoms with Crippen LogP contribution in [0.4, 0.5) is 0 Å². The highest BCUT2D eigenvalue weighted by molar-refractivity contribution is 6.25. The van der Waals surface area contributed by atoms with Gasteiger partial charge in [-0.15, -0.1) is 0 Å². The molecule has 0 saturated heterocycles. The van der Waals surface area contributed by atoms with E-state index < -0.39 is 0 Å². The average molecular weight is 260 g/mol. The summed E-state index contributed by atoms with van der Waals surface area (Å²) in [6.07, 6.45) is 0. The summed E-state index contributed by atoms with van der Waals surface area (Å²) in [6, 6.07) is 17.7. The van der Waals surface area contributed by atoms with Gasteiger partial charge in [0, 0.05) is 16.7 Å². The molecule has 0 aliphatic heterocycles. The van der Waals surface area contributed by atoms with Crippen molar-refractivity contribution in [2.24, 2.45) is 0 Å². The van der Waals surface area contributed by atoms with E-state index in [1.165, 1.54) is 0 Å². The van der Waals surface area contributed by atoms with E-state index in [-0.39, 0.29) is 5.78 Å². The summed E-state index contributed by atoms with van der Waals surface area (Å²) in [7, 11) is 1.66. The van der Waals surface area contributed by atoms with Gasteiger partial charge in [0.25, 0.3) is 0 Å². The first-order valence-corrected chi connectivity index (χ1v) is 6.54. The highest BCUT2D eigenvalue weighted by Gasteiger charge is 2.27. The molecule has 0 saturated carbocycles. The van der Waals surface area contributed by atoms with E-state index in [2.05, 4.69) is 0 Å². The molecule has 0 aromatic heterocycles. The SMILES string of the molecule is COc1ccc2c3c(ccc2c1)C(=O)c1ccccc1-3. The summed E-state index contributed by atoms with van der Waals surface area (Å²) in [5.74, 6) is 0.948. The van der Waals surface area contributed by atoms with Gasteiger partial charge in [-0.2, -0.15) is 0 Å². The van der Waals surface area contributed by atoms with Crippen LogP contribution in [0.15, 0.2) is 54.6 Å². The van der Waals surface area contributed by atoms with E-state index in [0.29, 0.717) is 0 Å². The molecule has 0 N–H and O–H groups in total. The maximum atomic E-state index is 12.4. The van der Waals surface area contributed by atoms with Gasteiger partial charge in [0.15, 0.2) is 5.78 Å². The van der Waals surface area contributed by atoms with Crippen LogP contribution in [-0.2, 0) is 0 Å². The second-order valence-corrected chi connectivity index (χ2v) is 4.95. The summed E-state index contributed by atoms with van der Waals surface area (Å²) in [5, 5.41) is 2.19. The van der Waals surface area contributed by atoms with Crippen LogP contribution in [0.1, 0.15) is 15.9 Å². The lowest BCUT2D eigenvalue weighted by Gasteiger charge is -2.07. The van der Waals surface area contributed by atoms with Gasteiger partial charge < -0.3 is 4.74 Å². The third-order valence-electron chi connectivity index (χ3n) is 3.91. The van der Waals surface area contributed by atoms with Crippen molar-refractivity contribution in [3.63, 3.8) is 0 Å². The van der Waals surface area contributed by atoms with Crippen LogP contribution >= 0.6 is 0 Å². The minimum absolute atomic E-state index is 0.119. The molecule has 4 rings (SSSR count). The second kappa shape index (κ2) is 3.94. The quantitative estimate of drug-likeness (QED) is 0.516. The van der Waals surface area contributed by atoms with Gasteiger partial charge in [-0.05, 0) is 34.5 Å². The van der Waals surface area contributed by atoms with E-state index >= 15 is 0 Å². The van der Waals surface area contributed by atoms with Crippen LogP contribution in [0.5, 0.6) is 5.75 Å². The lowest BCUT2D eigenvalue weighted by molar-refractivity contribution is 0.104. The van der Waals surface area contributed by atoms with E-state index in [4.69, 9.17) is 4.74 Å². The molecule has 0 bridgehead atoms. The summed E-state index contributed by atoms with van der Waals surface area (Å²) in [4.78, 5) is 12.4. The summed E-state index contributed by atoms with van der Waals surface area (Å²) >= 11 is 0. The first-order chi connectivity index (χ1) is 9.79. The number of ether oxygens (including phenoxy) is 1. The van der Waals surface area contributed by atoms with Crippen molar-refractivity contribution in [3.8, 4) is 16.9 Å². The Bertz CT molecular complexity index is 862. The van der Waals surface area contributed by atoms with Gasteiger partial charge >= 0.3 is 0 Å². The fourth-order valence-electron chi connectivity index (χ4n) is 2.96. The first-order valence-electron chi connectivity index (χ1n) is 6.54. The van der Waals surface area contributed by atoms with Crippen LogP contribution in [-0.4, -0.2) is 12.9 Å². The summed E-state index contributed by atoms with van der Waals surface area (Å²) in [6.45, 7) is 0. The molecular weight excluding hydrogens is 248 g/mol. The smallest absolute Gasteiger partial charge is 0.194 e. The Morgan fingerprint density at radius 3 is 2.45 bits per heavy atom. The number of hydrogen-bond donors (Lipinski definition) is 0. The Hall–Kier alpha value is -2.61. The molecule has 96 valence electrons. The molecule has 0 radical (unpaired) electrons. The Balaban J connectivity index is 2.12. The van der Waals surface area contributed by atoms with Gasteiger partial charge in [-0.1, -0.05) is 36.4 Å². The number of ketones is 1. The number of hydrogen-bond acceptors (Lipinski definition) is 2. The molecule has 2 heteroatoms. The molecule has 3 aromatic carbocycles. The summed E-state index contributed by atoms with van der Waals surface area (Å²) in [5.41, 5.74) is 3.67. The maximum Gasteiger partial charge on any atom is 0.194 e. The Kier molecular flexibility index (Phi) is 2.21. The highest BCUT2D eigenvalue weighted by Crippen LogP contribution is 2.41. The normalized spacial score (nSPS) is 12.3. The van der Waals surface area contributed by atoms with Crippen molar-refractivity contribution in [2.45, 2.75) is 0 Å². The predicted molar refractivity (Wildman–Crippen MR) is 79.4 cm³/mol. The molecule has 20 heavy (non-hydrogen) atoms. The van der Waals surface area contributed by atoms with Crippen LogP contribution in [0.2, 0.25) is 0 Å². The number of benzene rings is 3. The van der Waals surface area contributed by atoms with Crippen molar-refractivity contribution < 1.29 is 9.53 Å². The molecule has 0 heterocycles. The van der Waals surface area contributed by atoms with Gasteiger partial charge in [-0.3, -0.25) is 4.79 Å². The zero-order valence-electron chi connectivity index (χ0n) is 11.0. The van der Waals surface area contributed by atoms with Crippen LogP contribution in [0, 0.1) is 0 Å². The molecule has 0 fully saturated rings. The van der Waals surface area contributed by atoms with Gasteiger partial charge in [0.1, 0.15) is 5.75 Å². The number of methoxy groups -OCH3 is 1. The van der Waals surface area contributed by atoms with E-state index in [0.717, 1.165) is 38.8 Å². The van der Waals surface area contributed by atoms with Gasteiger partial charge in [-0.25, -0.2) is 0 Å². The molecule has 0 amide bonds. The minimum atomic E-state index is 0.119. The van der Waals surface area contributed by atoms with Crippen molar-refractivity contribution in [3.05, 3.63) is 65.7 Å². The fraction of sp³-hybridized carbons (Fsp3) is 0.0556. The number of rotatable bonds is 1. The monoisotopic (exact) mass is 260 g/mol. The lowest BCUT2D eigenvalue weighted by atomic mass is 9.98. The predicted octanol–water partition coefficient (Wildman–Crippen LogP) is 4.06. The molecule has 2 nitrogen and oxygen atoms in total. The third kappa shape index (κ3) is 1.36. The lowest BCUT2D eigenvalue weighted by Crippen LogP contribution is -1.94. The van der Waals surface area contributed by atoms with E-state index in [9.17, 15) is 4.79 Å². The van der Waals surface area contributed by atoms with Gasteiger partial charge in [0.05, 0.1) is 7.11 Å². The molecule has 1 aliphatic carbocycles. The van der Waals surface area contributed by atoms with E-state index in [1.54, 1.807) is 7.11 Å². The third-order valence-corrected chi connectivity index (χ3v) is 3.91. The molecule has 0 spiro atoms. The van der Waals surface area contributed by atoms with Crippen molar-refractivity contribution in [1.82, 2.24) is 0 Å². The fourth-order valence-corrected chi connectivity index (χ4v) is 2.96. The Morgan fingerprint density at radius 2 is 1.65 bits per heavy atom. The van der Waals surface area contributed by atoms with Crippen molar-refractivity contribution in [2.75, 3.05) is 7.11 Å². The first kappa shape index (κ1) is 11.2. The Labute approximate surface area is 116 Å². The van der Waals surface area contributed by atoms with Crippen molar-refractivity contribution >= 4 is 16.6 Å². The molecule has 1 aliphatic rings. The average Bonchev–Trinajstić information content (AvgIpc) is 2.80.